The van der Waals surface area contributed by atoms with E-state index in [1.165, 1.54) is 13.0 Å². The normalized spacial score (nSPS) is 10.3. The van der Waals surface area contributed by atoms with Gasteiger partial charge >= 0.3 is 11.7 Å². The minimum atomic E-state index is -1.27. The van der Waals surface area contributed by atoms with Gasteiger partial charge in [-0.05, 0) is 19.1 Å². The second-order valence-electron chi connectivity index (χ2n) is 3.56. The molecule has 0 saturated carbocycles. The number of H-pyrrole nitrogens is 1. The number of carboxylic acids is 1. The number of nitrogens with one attached hydrogen (secondary N) is 1. The molecule has 2 aromatic heterocycles. The maximum Gasteiger partial charge on any atom is 0.352 e. The van der Waals surface area contributed by atoms with Crippen molar-refractivity contribution in [1.82, 2.24) is 15.0 Å². The maximum atomic E-state index is 12.7. The van der Waals surface area contributed by atoms with E-state index in [4.69, 9.17) is 5.11 Å². The van der Waals surface area contributed by atoms with E-state index in [0.717, 1.165) is 12.3 Å². The lowest BCUT2D eigenvalue weighted by molar-refractivity contribution is 0.0689. The van der Waals surface area contributed by atoms with Crippen LogP contribution >= 0.6 is 0 Å². The Morgan fingerprint density at radius 3 is 2.72 bits per heavy atom. The monoisotopic (exact) mass is 249 g/mol. The fourth-order valence-corrected chi connectivity index (χ4v) is 1.51. The molecule has 6 nitrogen and oxygen atoms in total. The third kappa shape index (κ3) is 2.10. The Hall–Kier alpha value is -2.57. The van der Waals surface area contributed by atoms with E-state index in [-0.39, 0.29) is 22.6 Å². The number of aromatic amines is 1. The van der Waals surface area contributed by atoms with Gasteiger partial charge in [0.05, 0.1) is 17.6 Å². The number of nitrogens with zero attached hydrogens (tertiary/aromatic N) is 2. The number of carbonyl (C=O) groups is 1. The molecular formula is C11H8FN3O3. The first kappa shape index (κ1) is 11.9. The number of pyridine rings is 1. The molecule has 0 aromatic carbocycles. The lowest BCUT2D eigenvalue weighted by Crippen LogP contribution is -2.19. The second kappa shape index (κ2) is 4.36. The number of hydrogen-bond acceptors (Lipinski definition) is 4. The van der Waals surface area contributed by atoms with Gasteiger partial charge in [-0.25, -0.2) is 14.0 Å². The first-order chi connectivity index (χ1) is 8.49. The number of rotatable bonds is 2. The summed E-state index contributed by atoms with van der Waals surface area (Å²) in [4.78, 5) is 31.8. The molecule has 2 aromatic rings. The summed E-state index contributed by atoms with van der Waals surface area (Å²) < 4.78 is 12.7. The lowest BCUT2D eigenvalue weighted by atomic mass is 10.1. The van der Waals surface area contributed by atoms with Crippen molar-refractivity contribution in [1.29, 1.82) is 0 Å². The van der Waals surface area contributed by atoms with Gasteiger partial charge in [0.15, 0.2) is 0 Å². The molecule has 0 atom stereocenters. The summed E-state index contributed by atoms with van der Waals surface area (Å²) in [7, 11) is 0. The van der Waals surface area contributed by atoms with Gasteiger partial charge < -0.3 is 5.11 Å². The van der Waals surface area contributed by atoms with E-state index in [1.807, 2.05) is 0 Å². The van der Waals surface area contributed by atoms with Crippen molar-refractivity contribution >= 4 is 5.97 Å². The Labute approximate surface area is 100 Å². The van der Waals surface area contributed by atoms with Gasteiger partial charge in [-0.3, -0.25) is 9.97 Å². The molecular weight excluding hydrogens is 241 g/mol. The molecule has 0 spiro atoms. The quantitative estimate of drug-likeness (QED) is 0.826. The molecule has 0 saturated heterocycles. The molecule has 92 valence electrons. The molecule has 0 radical (unpaired) electrons. The third-order valence-corrected chi connectivity index (χ3v) is 2.36. The van der Waals surface area contributed by atoms with Gasteiger partial charge in [0.25, 0.3) is 0 Å². The van der Waals surface area contributed by atoms with Crippen LogP contribution < -0.4 is 5.69 Å². The van der Waals surface area contributed by atoms with E-state index in [0.29, 0.717) is 0 Å². The van der Waals surface area contributed by atoms with Crippen LogP contribution in [0.2, 0.25) is 0 Å². The molecule has 0 unspecified atom stereocenters. The average Bonchev–Trinajstić information content (AvgIpc) is 2.32. The highest BCUT2D eigenvalue weighted by atomic mass is 19.1. The third-order valence-electron chi connectivity index (χ3n) is 2.36. The fraction of sp³-hybridized carbons (Fsp3) is 0.0909. The first-order valence-corrected chi connectivity index (χ1v) is 4.95. The Kier molecular flexibility index (Phi) is 2.88. The van der Waals surface area contributed by atoms with Crippen molar-refractivity contribution in [2.24, 2.45) is 0 Å². The van der Waals surface area contributed by atoms with E-state index < -0.39 is 17.5 Å². The van der Waals surface area contributed by atoms with Gasteiger partial charge in [0, 0.05) is 5.56 Å². The highest BCUT2D eigenvalue weighted by Gasteiger charge is 2.15. The van der Waals surface area contributed by atoms with Crippen LogP contribution in [-0.2, 0) is 0 Å². The number of aromatic carboxylic acids is 1. The van der Waals surface area contributed by atoms with Crippen molar-refractivity contribution in [2.75, 3.05) is 0 Å². The van der Waals surface area contributed by atoms with Crippen molar-refractivity contribution < 1.29 is 14.3 Å². The van der Waals surface area contributed by atoms with Crippen molar-refractivity contribution in [3.63, 3.8) is 0 Å². The summed E-state index contributed by atoms with van der Waals surface area (Å²) in [5.74, 6) is -1.80. The predicted octanol–water partition coefficient (Wildman–Crippen LogP) is 0.978. The summed E-state index contributed by atoms with van der Waals surface area (Å²) >= 11 is 0. The lowest BCUT2D eigenvalue weighted by Gasteiger charge is -2.06. The summed E-state index contributed by atoms with van der Waals surface area (Å²) in [6.07, 6.45) is 0.970. The van der Waals surface area contributed by atoms with Gasteiger partial charge in [-0.1, -0.05) is 0 Å². The largest absolute Gasteiger partial charge is 0.477 e. The zero-order valence-electron chi connectivity index (χ0n) is 9.27. The highest BCUT2D eigenvalue weighted by molar-refractivity contribution is 5.88. The Bertz CT molecular complexity index is 664. The zero-order chi connectivity index (χ0) is 13.3. The topological polar surface area (TPSA) is 95.9 Å². The Morgan fingerprint density at radius 2 is 2.17 bits per heavy atom. The number of hydrogen-bond donors (Lipinski definition) is 2. The van der Waals surface area contributed by atoms with E-state index in [9.17, 15) is 14.0 Å². The zero-order valence-corrected chi connectivity index (χ0v) is 9.27. The van der Waals surface area contributed by atoms with Gasteiger partial charge in [-0.15, -0.1) is 0 Å². The Balaban J connectivity index is 2.68. The van der Waals surface area contributed by atoms with E-state index >= 15 is 0 Å². The van der Waals surface area contributed by atoms with Gasteiger partial charge in [-0.2, -0.15) is 4.98 Å². The van der Waals surface area contributed by atoms with Crippen molar-refractivity contribution in [3.05, 3.63) is 45.9 Å². The van der Waals surface area contributed by atoms with Crippen LogP contribution in [0.5, 0.6) is 0 Å². The smallest absolute Gasteiger partial charge is 0.352 e. The highest BCUT2D eigenvalue weighted by Crippen LogP contribution is 2.19. The number of aromatic nitrogens is 3. The SMILES string of the molecule is Cc1c(-c2ccc(F)cn2)nc(=O)[nH]c1C(=O)O. The average molecular weight is 249 g/mol. The molecule has 2 heterocycles. The van der Waals surface area contributed by atoms with Crippen LogP contribution in [0.1, 0.15) is 16.1 Å². The molecule has 18 heavy (non-hydrogen) atoms. The fourth-order valence-electron chi connectivity index (χ4n) is 1.51. The molecule has 0 aliphatic heterocycles. The van der Waals surface area contributed by atoms with Gasteiger partial charge in [0.2, 0.25) is 0 Å². The number of halogens is 1. The molecule has 7 heteroatoms. The van der Waals surface area contributed by atoms with Crippen LogP contribution in [0.4, 0.5) is 4.39 Å². The molecule has 0 bridgehead atoms. The molecule has 2 N–H and O–H groups in total. The summed E-state index contributed by atoms with van der Waals surface area (Å²) in [5, 5.41) is 8.93. The molecule has 0 aliphatic carbocycles. The van der Waals surface area contributed by atoms with E-state index in [2.05, 4.69) is 15.0 Å². The van der Waals surface area contributed by atoms with Crippen molar-refractivity contribution in [2.45, 2.75) is 6.92 Å². The van der Waals surface area contributed by atoms with Crippen molar-refractivity contribution in [3.8, 4) is 11.4 Å². The van der Waals surface area contributed by atoms with Crippen LogP contribution in [0.15, 0.2) is 23.1 Å². The molecule has 0 amide bonds. The van der Waals surface area contributed by atoms with Gasteiger partial charge in [0.1, 0.15) is 11.5 Å². The second-order valence-corrected chi connectivity index (χ2v) is 3.56. The standard InChI is InChI=1S/C11H8FN3O3/c1-5-8(7-3-2-6(12)4-13-7)14-11(18)15-9(5)10(16)17/h2-4H,1H3,(H,16,17)(H,14,15,18). The van der Waals surface area contributed by atoms with Crippen LogP contribution in [0.3, 0.4) is 0 Å². The first-order valence-electron chi connectivity index (χ1n) is 4.95. The maximum absolute atomic E-state index is 12.7. The molecule has 0 aliphatic rings. The summed E-state index contributed by atoms with van der Waals surface area (Å²) in [6, 6.07) is 2.49. The molecule has 2 rings (SSSR count). The van der Waals surface area contributed by atoms with Crippen LogP contribution in [0.25, 0.3) is 11.4 Å². The minimum absolute atomic E-state index is 0.121. The molecule has 0 fully saturated rings. The summed E-state index contributed by atoms with van der Waals surface area (Å²) in [6.45, 7) is 1.49. The minimum Gasteiger partial charge on any atom is -0.477 e. The number of carboxylic acid groups (broad SMARTS) is 1. The van der Waals surface area contributed by atoms with E-state index in [1.54, 1.807) is 0 Å². The van der Waals surface area contributed by atoms with Crippen LogP contribution in [-0.4, -0.2) is 26.0 Å². The Morgan fingerprint density at radius 1 is 1.44 bits per heavy atom. The predicted molar refractivity (Wildman–Crippen MR) is 59.7 cm³/mol. The summed E-state index contributed by atoms with van der Waals surface area (Å²) in [5.41, 5.74) is -0.421. The van der Waals surface area contributed by atoms with Crippen LogP contribution in [0, 0.1) is 12.7 Å².